The molecule has 0 aliphatic rings. The van der Waals surface area contributed by atoms with Crippen molar-refractivity contribution in [1.82, 2.24) is 5.32 Å². The van der Waals surface area contributed by atoms with Gasteiger partial charge in [0.15, 0.2) is 9.84 Å². The molecule has 0 radical (unpaired) electrons. The number of nitrogens with one attached hydrogen (secondary N) is 1. The van der Waals surface area contributed by atoms with Gasteiger partial charge in [0.1, 0.15) is 11.0 Å². The van der Waals surface area contributed by atoms with Gasteiger partial charge in [-0.25, -0.2) is 8.42 Å². The van der Waals surface area contributed by atoms with Crippen molar-refractivity contribution in [3.05, 3.63) is 82.6 Å². The molecule has 0 aliphatic heterocycles. The number of ether oxygens (including phenoxy) is 1. The van der Waals surface area contributed by atoms with E-state index in [1.807, 2.05) is 23.6 Å². The maximum Gasteiger partial charge on any atom is 0.224 e. The summed E-state index contributed by atoms with van der Waals surface area (Å²) >= 11 is 1.37. The summed E-state index contributed by atoms with van der Waals surface area (Å²) in [6, 6.07) is 19.1. The fourth-order valence-corrected chi connectivity index (χ4v) is 5.62. The van der Waals surface area contributed by atoms with Gasteiger partial charge in [0.25, 0.3) is 0 Å². The maximum absolute atomic E-state index is 13.1. The molecule has 0 saturated heterocycles. The Bertz CT molecular complexity index is 998. The van der Waals surface area contributed by atoms with E-state index in [4.69, 9.17) is 4.74 Å². The Labute approximate surface area is 168 Å². The predicted molar refractivity (Wildman–Crippen MR) is 110 cm³/mol. The van der Waals surface area contributed by atoms with Crippen LogP contribution in [0.15, 0.2) is 77.0 Å². The van der Waals surface area contributed by atoms with Crippen molar-refractivity contribution in [2.75, 3.05) is 13.7 Å². The van der Waals surface area contributed by atoms with Gasteiger partial charge in [0.05, 0.1) is 18.4 Å². The van der Waals surface area contributed by atoms with Crippen LogP contribution in [0.5, 0.6) is 5.75 Å². The molecule has 0 unspecified atom stereocenters. The van der Waals surface area contributed by atoms with Gasteiger partial charge in [-0.05, 0) is 41.3 Å². The molecule has 3 aromatic rings. The molecule has 1 amide bonds. The highest BCUT2D eigenvalue weighted by Crippen LogP contribution is 2.31. The molecule has 146 valence electrons. The van der Waals surface area contributed by atoms with Crippen LogP contribution in [-0.4, -0.2) is 28.0 Å². The molecular formula is C21H21NO4S2. The minimum atomic E-state index is -3.62. The molecule has 1 N–H and O–H groups in total. The van der Waals surface area contributed by atoms with Crippen LogP contribution in [-0.2, 0) is 21.1 Å². The number of amides is 1. The molecule has 0 saturated carbocycles. The highest BCUT2D eigenvalue weighted by atomic mass is 32.2. The molecule has 0 fully saturated rings. The van der Waals surface area contributed by atoms with Crippen LogP contribution in [0.1, 0.15) is 15.7 Å². The number of hydrogen-bond donors (Lipinski definition) is 1. The summed E-state index contributed by atoms with van der Waals surface area (Å²) in [5, 5.41) is 3.79. The number of rotatable bonds is 8. The summed E-state index contributed by atoms with van der Waals surface area (Å²) in [5.74, 6) is 0.492. The van der Waals surface area contributed by atoms with Gasteiger partial charge in [-0.15, -0.1) is 11.3 Å². The summed E-state index contributed by atoms with van der Waals surface area (Å²) < 4.78 is 31.3. The third kappa shape index (κ3) is 4.79. The molecule has 3 rings (SSSR count). The first-order chi connectivity index (χ1) is 13.5. The normalized spacial score (nSPS) is 12.3. The van der Waals surface area contributed by atoms with E-state index in [-0.39, 0.29) is 23.8 Å². The van der Waals surface area contributed by atoms with E-state index < -0.39 is 15.1 Å². The second kappa shape index (κ2) is 9.03. The monoisotopic (exact) mass is 415 g/mol. The van der Waals surface area contributed by atoms with Gasteiger partial charge >= 0.3 is 0 Å². The Kier molecular flexibility index (Phi) is 6.49. The third-order valence-corrected chi connectivity index (χ3v) is 7.55. The highest BCUT2D eigenvalue weighted by molar-refractivity contribution is 7.91. The zero-order chi connectivity index (χ0) is 20.0. The molecule has 1 heterocycles. The molecule has 0 bridgehead atoms. The van der Waals surface area contributed by atoms with Crippen LogP contribution in [0.2, 0.25) is 0 Å². The summed E-state index contributed by atoms with van der Waals surface area (Å²) in [5.41, 5.74) is 0.830. The first kappa shape index (κ1) is 20.1. The summed E-state index contributed by atoms with van der Waals surface area (Å²) in [6.45, 7) is 0.0206. The summed E-state index contributed by atoms with van der Waals surface area (Å²) in [4.78, 5) is 13.3. The number of carbonyl (C=O) groups excluding carboxylic acids is 1. The molecule has 1 aromatic heterocycles. The predicted octanol–water partition coefficient (Wildman–Crippen LogP) is 3.63. The van der Waals surface area contributed by atoms with Gasteiger partial charge in [-0.3, -0.25) is 4.79 Å². The SMILES string of the molecule is COc1ccc(CC(=O)NC[C@@H](c2cccs2)S(=O)(=O)c2ccccc2)cc1. The van der Waals surface area contributed by atoms with Crippen molar-refractivity contribution in [2.45, 2.75) is 16.6 Å². The topological polar surface area (TPSA) is 72.5 Å². The Morgan fingerprint density at radius 3 is 2.36 bits per heavy atom. The second-order valence-electron chi connectivity index (χ2n) is 6.19. The number of methoxy groups -OCH3 is 1. The van der Waals surface area contributed by atoms with Gasteiger partial charge in [0, 0.05) is 11.4 Å². The lowest BCUT2D eigenvalue weighted by atomic mass is 10.1. The molecule has 2 aromatic carbocycles. The number of benzene rings is 2. The van der Waals surface area contributed by atoms with Crippen molar-refractivity contribution in [3.8, 4) is 5.75 Å². The number of thiophene rings is 1. The Hall–Kier alpha value is -2.64. The van der Waals surface area contributed by atoms with E-state index >= 15 is 0 Å². The molecule has 28 heavy (non-hydrogen) atoms. The molecule has 7 heteroatoms. The van der Waals surface area contributed by atoms with Crippen LogP contribution in [0.4, 0.5) is 0 Å². The largest absolute Gasteiger partial charge is 0.497 e. The summed E-state index contributed by atoms with van der Waals surface area (Å²) in [7, 11) is -2.04. The zero-order valence-electron chi connectivity index (χ0n) is 15.4. The van der Waals surface area contributed by atoms with E-state index in [2.05, 4.69) is 5.32 Å². The lowest BCUT2D eigenvalue weighted by molar-refractivity contribution is -0.120. The molecular weight excluding hydrogens is 394 g/mol. The van der Waals surface area contributed by atoms with E-state index in [1.54, 1.807) is 55.6 Å². The maximum atomic E-state index is 13.1. The molecule has 1 atom stereocenters. The van der Waals surface area contributed by atoms with Crippen LogP contribution in [0.3, 0.4) is 0 Å². The van der Waals surface area contributed by atoms with E-state index in [1.165, 1.54) is 11.3 Å². The lowest BCUT2D eigenvalue weighted by Gasteiger charge is -2.17. The third-order valence-electron chi connectivity index (χ3n) is 4.32. The zero-order valence-corrected chi connectivity index (χ0v) is 17.0. The van der Waals surface area contributed by atoms with Crippen LogP contribution in [0, 0.1) is 0 Å². The Morgan fingerprint density at radius 1 is 1.04 bits per heavy atom. The number of sulfone groups is 1. The minimum Gasteiger partial charge on any atom is -0.497 e. The number of carbonyl (C=O) groups is 1. The number of hydrogen-bond acceptors (Lipinski definition) is 5. The Balaban J connectivity index is 1.73. The van der Waals surface area contributed by atoms with Crippen molar-refractivity contribution < 1.29 is 17.9 Å². The first-order valence-corrected chi connectivity index (χ1v) is 11.2. The fourth-order valence-electron chi connectivity index (χ4n) is 2.81. The van der Waals surface area contributed by atoms with Crippen LogP contribution >= 0.6 is 11.3 Å². The quantitative estimate of drug-likeness (QED) is 0.610. The first-order valence-electron chi connectivity index (χ1n) is 8.72. The van der Waals surface area contributed by atoms with E-state index in [0.717, 1.165) is 11.3 Å². The standard InChI is InChI=1S/C21H21NO4S2/c1-26-17-11-9-16(10-12-17)14-21(23)22-15-20(19-8-5-13-27-19)28(24,25)18-6-3-2-4-7-18/h2-13,20H,14-15H2,1H3,(H,22,23)/t20-/m0/s1. The van der Waals surface area contributed by atoms with Crippen LogP contribution in [0.25, 0.3) is 0 Å². The smallest absolute Gasteiger partial charge is 0.224 e. The van der Waals surface area contributed by atoms with E-state index in [0.29, 0.717) is 4.88 Å². The minimum absolute atomic E-state index is 0.0206. The molecule has 0 spiro atoms. The lowest BCUT2D eigenvalue weighted by Crippen LogP contribution is -2.32. The van der Waals surface area contributed by atoms with Gasteiger partial charge in [-0.2, -0.15) is 0 Å². The average Bonchev–Trinajstić information content (AvgIpc) is 3.23. The van der Waals surface area contributed by atoms with Gasteiger partial charge < -0.3 is 10.1 Å². The second-order valence-corrected chi connectivity index (χ2v) is 9.30. The fraction of sp³-hybridized carbons (Fsp3) is 0.190. The van der Waals surface area contributed by atoms with Gasteiger partial charge in [0.2, 0.25) is 5.91 Å². The van der Waals surface area contributed by atoms with Gasteiger partial charge in [-0.1, -0.05) is 36.4 Å². The van der Waals surface area contributed by atoms with Crippen LogP contribution < -0.4 is 10.1 Å². The highest BCUT2D eigenvalue weighted by Gasteiger charge is 2.30. The Morgan fingerprint density at radius 2 is 1.75 bits per heavy atom. The van der Waals surface area contributed by atoms with Crippen molar-refractivity contribution in [1.29, 1.82) is 0 Å². The van der Waals surface area contributed by atoms with Crippen molar-refractivity contribution in [2.24, 2.45) is 0 Å². The van der Waals surface area contributed by atoms with E-state index in [9.17, 15) is 13.2 Å². The van der Waals surface area contributed by atoms with Crippen molar-refractivity contribution in [3.63, 3.8) is 0 Å². The van der Waals surface area contributed by atoms with Crippen molar-refractivity contribution >= 4 is 27.1 Å². The summed E-state index contributed by atoms with van der Waals surface area (Å²) in [6.07, 6.45) is 0.173. The molecule has 5 nitrogen and oxygen atoms in total. The molecule has 0 aliphatic carbocycles. The average molecular weight is 416 g/mol.